The predicted octanol–water partition coefficient (Wildman–Crippen LogP) is 0.954. The predicted molar refractivity (Wildman–Crippen MR) is 58.9 cm³/mol. The minimum atomic E-state index is -1.03. The first kappa shape index (κ1) is 12.2. The van der Waals surface area contributed by atoms with Crippen LogP contribution in [-0.2, 0) is 4.79 Å². The van der Waals surface area contributed by atoms with E-state index in [4.69, 9.17) is 5.11 Å². The molecule has 15 heavy (non-hydrogen) atoms. The van der Waals surface area contributed by atoms with Crippen LogP contribution < -0.4 is 5.32 Å². The third-order valence-electron chi connectivity index (χ3n) is 1.93. The summed E-state index contributed by atoms with van der Waals surface area (Å²) in [6.45, 7) is 5.62. The molecule has 0 aromatic rings. The van der Waals surface area contributed by atoms with Crippen LogP contribution in [0.5, 0.6) is 0 Å². The molecule has 5 nitrogen and oxygen atoms in total. The number of thioether (sulfide) groups is 1. The van der Waals surface area contributed by atoms with Gasteiger partial charge in [-0.3, -0.25) is 9.69 Å². The fourth-order valence-corrected chi connectivity index (χ4v) is 2.45. The Kier molecular flexibility index (Phi) is 3.49. The molecule has 1 saturated heterocycles. The van der Waals surface area contributed by atoms with E-state index in [0.29, 0.717) is 11.6 Å². The second kappa shape index (κ2) is 4.30. The molecule has 6 heteroatoms. The topological polar surface area (TPSA) is 69.6 Å². The van der Waals surface area contributed by atoms with Gasteiger partial charge in [0.05, 0.1) is 5.88 Å². The highest BCUT2D eigenvalue weighted by Gasteiger charge is 2.35. The molecule has 0 spiro atoms. The minimum absolute atomic E-state index is 0.213. The Balaban J connectivity index is 2.63. The molecule has 2 N–H and O–H groups in total. The number of carbonyl (C=O) groups is 2. The van der Waals surface area contributed by atoms with Crippen LogP contribution in [0.3, 0.4) is 0 Å². The molecule has 1 aliphatic rings. The van der Waals surface area contributed by atoms with E-state index in [1.165, 1.54) is 16.7 Å². The highest BCUT2D eigenvalue weighted by atomic mass is 32.2. The second-order valence-electron chi connectivity index (χ2n) is 4.51. The molecule has 0 unspecified atom stereocenters. The molecule has 0 aliphatic carbocycles. The maximum Gasteiger partial charge on any atom is 0.408 e. The van der Waals surface area contributed by atoms with E-state index in [-0.39, 0.29) is 11.4 Å². The number of carbonyl (C=O) groups excluding carboxylic acids is 1. The van der Waals surface area contributed by atoms with Crippen molar-refractivity contribution in [1.82, 2.24) is 10.2 Å². The van der Waals surface area contributed by atoms with Gasteiger partial charge in [-0.2, -0.15) is 0 Å². The van der Waals surface area contributed by atoms with Crippen molar-refractivity contribution in [3.05, 3.63) is 0 Å². The van der Waals surface area contributed by atoms with E-state index >= 15 is 0 Å². The molecule has 0 radical (unpaired) electrons. The lowest BCUT2D eigenvalue weighted by Crippen LogP contribution is -2.52. The number of hydrogen-bond acceptors (Lipinski definition) is 3. The zero-order chi connectivity index (χ0) is 11.6. The van der Waals surface area contributed by atoms with Gasteiger partial charge in [-0.15, -0.1) is 11.8 Å². The molecule has 0 bridgehead atoms. The lowest BCUT2D eigenvalue weighted by molar-refractivity contribution is -0.126. The summed E-state index contributed by atoms with van der Waals surface area (Å²) in [5, 5.41) is 11.7. The Morgan fingerprint density at radius 2 is 2.07 bits per heavy atom. The van der Waals surface area contributed by atoms with Crippen LogP contribution in [-0.4, -0.2) is 45.2 Å². The van der Waals surface area contributed by atoms with Gasteiger partial charge in [-0.25, -0.2) is 4.79 Å². The summed E-state index contributed by atoms with van der Waals surface area (Å²) in [5.74, 6) is 0.695. The summed E-state index contributed by atoms with van der Waals surface area (Å²) in [6, 6.07) is -0.549. The molecule has 86 valence electrons. The van der Waals surface area contributed by atoms with Crippen molar-refractivity contribution in [2.75, 3.05) is 11.6 Å². The number of rotatable bonds is 1. The van der Waals surface area contributed by atoms with Crippen molar-refractivity contribution in [2.24, 2.45) is 0 Å². The van der Waals surface area contributed by atoms with Crippen LogP contribution in [0, 0.1) is 0 Å². The molecule has 1 aliphatic heterocycles. The maximum atomic E-state index is 11.7. The lowest BCUT2D eigenvalue weighted by Gasteiger charge is -2.26. The fraction of sp³-hybridized carbons (Fsp3) is 0.778. The van der Waals surface area contributed by atoms with Gasteiger partial charge in [-0.1, -0.05) is 0 Å². The van der Waals surface area contributed by atoms with Gasteiger partial charge in [-0.05, 0) is 20.8 Å². The van der Waals surface area contributed by atoms with Gasteiger partial charge < -0.3 is 10.4 Å². The molecule has 1 heterocycles. The van der Waals surface area contributed by atoms with Crippen molar-refractivity contribution in [1.29, 1.82) is 0 Å². The van der Waals surface area contributed by atoms with Crippen LogP contribution in [0.2, 0.25) is 0 Å². The van der Waals surface area contributed by atoms with Crippen LogP contribution in [0.4, 0.5) is 4.79 Å². The van der Waals surface area contributed by atoms with Gasteiger partial charge in [0.2, 0.25) is 5.91 Å². The minimum Gasteiger partial charge on any atom is -0.465 e. The Morgan fingerprint density at radius 1 is 1.47 bits per heavy atom. The highest BCUT2D eigenvalue weighted by molar-refractivity contribution is 7.99. The number of nitrogens with zero attached hydrogens (tertiary/aromatic N) is 1. The second-order valence-corrected chi connectivity index (χ2v) is 5.51. The first-order valence-corrected chi connectivity index (χ1v) is 5.86. The fourth-order valence-electron chi connectivity index (χ4n) is 1.30. The zero-order valence-electron chi connectivity index (χ0n) is 9.11. The van der Waals surface area contributed by atoms with Crippen molar-refractivity contribution >= 4 is 23.8 Å². The smallest absolute Gasteiger partial charge is 0.408 e. The van der Waals surface area contributed by atoms with E-state index in [2.05, 4.69) is 5.32 Å². The van der Waals surface area contributed by atoms with Gasteiger partial charge in [0.15, 0.2) is 0 Å². The molecular weight excluding hydrogens is 216 g/mol. The highest BCUT2D eigenvalue weighted by Crippen LogP contribution is 2.21. The third kappa shape index (κ3) is 3.30. The normalized spacial score (nSPS) is 21.5. The monoisotopic (exact) mass is 232 g/mol. The van der Waals surface area contributed by atoms with E-state index in [1.54, 1.807) is 0 Å². The summed E-state index contributed by atoms with van der Waals surface area (Å²) >= 11 is 1.46. The Bertz CT molecular complexity index is 275. The molecule has 2 amide bonds. The summed E-state index contributed by atoms with van der Waals surface area (Å²) in [5.41, 5.74) is -0.325. The average Bonchev–Trinajstić information content (AvgIpc) is 2.47. The van der Waals surface area contributed by atoms with Gasteiger partial charge in [0, 0.05) is 11.3 Å². The summed E-state index contributed by atoms with van der Waals surface area (Å²) < 4.78 is 0. The van der Waals surface area contributed by atoms with Crippen LogP contribution >= 0.6 is 11.8 Å². The van der Waals surface area contributed by atoms with Crippen LogP contribution in [0.15, 0.2) is 0 Å². The quantitative estimate of drug-likeness (QED) is 0.706. The molecule has 0 saturated carbocycles. The van der Waals surface area contributed by atoms with Crippen LogP contribution in [0.1, 0.15) is 20.8 Å². The largest absolute Gasteiger partial charge is 0.465 e. The lowest BCUT2D eigenvalue weighted by atomic mass is 10.1. The first-order valence-electron chi connectivity index (χ1n) is 4.70. The van der Waals surface area contributed by atoms with E-state index in [1.807, 2.05) is 20.8 Å². The van der Waals surface area contributed by atoms with Crippen LogP contribution in [0.25, 0.3) is 0 Å². The van der Waals surface area contributed by atoms with Crippen molar-refractivity contribution in [3.8, 4) is 0 Å². The summed E-state index contributed by atoms with van der Waals surface area (Å²) in [6.07, 6.45) is -1.03. The van der Waals surface area contributed by atoms with Gasteiger partial charge >= 0.3 is 6.09 Å². The zero-order valence-corrected chi connectivity index (χ0v) is 9.93. The standard InChI is InChI=1S/C9H16N2O3S/c1-9(2,3)10-7(12)6-4-15-5-11(6)8(13)14/h6H,4-5H2,1-3H3,(H,10,12)(H,13,14)/t6-/m0/s1. The number of hydrogen-bond donors (Lipinski definition) is 2. The van der Waals surface area contributed by atoms with Crippen molar-refractivity contribution in [3.63, 3.8) is 0 Å². The number of amides is 2. The van der Waals surface area contributed by atoms with Gasteiger partial charge in [0.25, 0.3) is 0 Å². The maximum absolute atomic E-state index is 11.7. The number of nitrogens with one attached hydrogen (secondary N) is 1. The van der Waals surface area contributed by atoms with Crippen molar-refractivity contribution < 1.29 is 14.7 Å². The molecule has 1 atom stereocenters. The Labute approximate surface area is 93.2 Å². The molecule has 0 aromatic heterocycles. The molecule has 1 rings (SSSR count). The SMILES string of the molecule is CC(C)(C)NC(=O)[C@@H]1CSCN1C(=O)O. The summed E-state index contributed by atoms with van der Waals surface area (Å²) in [7, 11) is 0. The van der Waals surface area contributed by atoms with Gasteiger partial charge in [0.1, 0.15) is 6.04 Å². The van der Waals surface area contributed by atoms with Crippen molar-refractivity contribution in [2.45, 2.75) is 32.4 Å². The Hall–Kier alpha value is -0.910. The molecule has 1 fully saturated rings. The number of carboxylic acid groups (broad SMARTS) is 1. The third-order valence-corrected chi connectivity index (χ3v) is 2.94. The van der Waals surface area contributed by atoms with E-state index < -0.39 is 12.1 Å². The molecular formula is C9H16N2O3S. The average molecular weight is 232 g/mol. The first-order chi connectivity index (χ1) is 6.81. The Morgan fingerprint density at radius 3 is 2.53 bits per heavy atom. The summed E-state index contributed by atoms with van der Waals surface area (Å²) in [4.78, 5) is 23.7. The van der Waals surface area contributed by atoms with E-state index in [0.717, 1.165) is 0 Å². The van der Waals surface area contributed by atoms with E-state index in [9.17, 15) is 9.59 Å². The molecule has 0 aromatic carbocycles.